The summed E-state index contributed by atoms with van der Waals surface area (Å²) in [4.78, 5) is 10.1. The maximum atomic E-state index is 13.4. The van der Waals surface area contributed by atoms with Crippen molar-refractivity contribution in [3.63, 3.8) is 0 Å². The number of nitrogens with one attached hydrogen (secondary N) is 1. The van der Waals surface area contributed by atoms with E-state index >= 15 is 0 Å². The molecular weight excluding hydrogens is 271 g/mol. The van der Waals surface area contributed by atoms with Crippen LogP contribution in [-0.4, -0.2) is 11.5 Å². The maximum absolute atomic E-state index is 13.4. The van der Waals surface area contributed by atoms with Crippen molar-refractivity contribution in [2.75, 3.05) is 6.54 Å². The van der Waals surface area contributed by atoms with Gasteiger partial charge in [-0.25, -0.2) is 4.39 Å². The number of non-ortho nitro benzene ring substituents is 1. The highest BCUT2D eigenvalue weighted by Crippen LogP contribution is 2.12. The van der Waals surface area contributed by atoms with E-state index in [1.54, 1.807) is 25.1 Å². The third-order valence-corrected chi connectivity index (χ3v) is 3.30. The molecule has 0 bridgehead atoms. The van der Waals surface area contributed by atoms with Gasteiger partial charge in [-0.3, -0.25) is 10.1 Å². The Balaban J connectivity index is 1.79. The van der Waals surface area contributed by atoms with Crippen LogP contribution in [0.25, 0.3) is 0 Å². The van der Waals surface area contributed by atoms with E-state index in [4.69, 9.17) is 0 Å². The number of nitro benzene ring substituents is 1. The lowest BCUT2D eigenvalue weighted by molar-refractivity contribution is -0.384. The fourth-order valence-corrected chi connectivity index (χ4v) is 2.00. The molecule has 0 aliphatic rings. The third kappa shape index (κ3) is 4.36. The third-order valence-electron chi connectivity index (χ3n) is 3.30. The van der Waals surface area contributed by atoms with Crippen LogP contribution in [0, 0.1) is 22.9 Å². The number of halogens is 1. The number of rotatable bonds is 6. The first-order valence-electron chi connectivity index (χ1n) is 6.75. The normalized spacial score (nSPS) is 10.6. The first kappa shape index (κ1) is 15.1. The summed E-state index contributed by atoms with van der Waals surface area (Å²) < 4.78 is 13.4. The molecule has 0 fully saturated rings. The van der Waals surface area contributed by atoms with Crippen LogP contribution >= 0.6 is 0 Å². The second-order valence-electron chi connectivity index (χ2n) is 4.93. The standard InChI is InChI=1S/C16H17FN2O2/c1-12-2-3-14(10-16(12)17)11-18-9-8-13-4-6-15(7-5-13)19(20)21/h2-7,10,18H,8-9,11H2,1H3. The molecule has 2 aromatic rings. The van der Waals surface area contributed by atoms with Gasteiger partial charge in [-0.15, -0.1) is 0 Å². The van der Waals surface area contributed by atoms with Gasteiger partial charge in [0.05, 0.1) is 4.92 Å². The van der Waals surface area contributed by atoms with Crippen LogP contribution in [-0.2, 0) is 13.0 Å². The van der Waals surface area contributed by atoms with E-state index in [2.05, 4.69) is 5.32 Å². The molecule has 2 aromatic carbocycles. The number of nitro groups is 1. The van der Waals surface area contributed by atoms with Crippen molar-refractivity contribution in [2.45, 2.75) is 19.9 Å². The second-order valence-corrected chi connectivity index (χ2v) is 4.93. The lowest BCUT2D eigenvalue weighted by Crippen LogP contribution is -2.16. The van der Waals surface area contributed by atoms with E-state index in [1.807, 2.05) is 6.07 Å². The Morgan fingerprint density at radius 2 is 1.81 bits per heavy atom. The van der Waals surface area contributed by atoms with Gasteiger partial charge < -0.3 is 5.32 Å². The molecule has 2 rings (SSSR count). The zero-order valence-corrected chi connectivity index (χ0v) is 11.8. The molecule has 0 unspecified atom stereocenters. The average Bonchev–Trinajstić information content (AvgIpc) is 2.47. The van der Waals surface area contributed by atoms with Gasteiger partial charge in [-0.05, 0) is 42.6 Å². The van der Waals surface area contributed by atoms with Crippen LogP contribution in [0.4, 0.5) is 10.1 Å². The molecule has 0 aliphatic carbocycles. The minimum absolute atomic E-state index is 0.0989. The molecule has 0 amide bonds. The lowest BCUT2D eigenvalue weighted by atomic mass is 10.1. The fraction of sp³-hybridized carbons (Fsp3) is 0.250. The molecule has 1 N–H and O–H groups in total. The van der Waals surface area contributed by atoms with Crippen LogP contribution in [0.5, 0.6) is 0 Å². The smallest absolute Gasteiger partial charge is 0.269 e. The van der Waals surface area contributed by atoms with E-state index in [0.717, 1.165) is 24.1 Å². The van der Waals surface area contributed by atoms with Crippen molar-refractivity contribution in [1.82, 2.24) is 5.32 Å². The topological polar surface area (TPSA) is 55.2 Å². The van der Waals surface area contributed by atoms with Gasteiger partial charge in [-0.2, -0.15) is 0 Å². The van der Waals surface area contributed by atoms with Gasteiger partial charge in [0.2, 0.25) is 0 Å². The van der Waals surface area contributed by atoms with Crippen LogP contribution in [0.3, 0.4) is 0 Å². The quantitative estimate of drug-likeness (QED) is 0.503. The maximum Gasteiger partial charge on any atom is 0.269 e. The Hall–Kier alpha value is -2.27. The molecule has 5 heteroatoms. The van der Waals surface area contributed by atoms with Crippen molar-refractivity contribution >= 4 is 5.69 Å². The van der Waals surface area contributed by atoms with E-state index in [1.165, 1.54) is 18.2 Å². The summed E-state index contributed by atoms with van der Waals surface area (Å²) in [6.07, 6.45) is 0.770. The van der Waals surface area contributed by atoms with Crippen LogP contribution < -0.4 is 5.32 Å². The summed E-state index contributed by atoms with van der Waals surface area (Å²) in [7, 11) is 0. The molecule has 0 spiro atoms. The summed E-state index contributed by atoms with van der Waals surface area (Å²) in [5.41, 5.74) is 2.68. The molecule has 21 heavy (non-hydrogen) atoms. The first-order chi connectivity index (χ1) is 10.1. The predicted octanol–water partition coefficient (Wildman–Crippen LogP) is 3.37. The molecule has 0 heterocycles. The molecule has 0 atom stereocenters. The molecule has 110 valence electrons. The number of hydrogen-bond acceptors (Lipinski definition) is 3. The SMILES string of the molecule is Cc1ccc(CNCCc2ccc([N+](=O)[O-])cc2)cc1F. The van der Waals surface area contributed by atoms with Gasteiger partial charge in [-0.1, -0.05) is 24.3 Å². The highest BCUT2D eigenvalue weighted by Gasteiger charge is 2.03. The van der Waals surface area contributed by atoms with Crippen molar-refractivity contribution in [3.8, 4) is 0 Å². The number of nitrogens with zero attached hydrogens (tertiary/aromatic N) is 1. The van der Waals surface area contributed by atoms with Gasteiger partial charge >= 0.3 is 0 Å². The van der Waals surface area contributed by atoms with Gasteiger partial charge in [0.25, 0.3) is 5.69 Å². The predicted molar refractivity (Wildman–Crippen MR) is 79.6 cm³/mol. The van der Waals surface area contributed by atoms with Crippen LogP contribution in [0.1, 0.15) is 16.7 Å². The molecule has 0 aromatic heterocycles. The Morgan fingerprint density at radius 3 is 2.43 bits per heavy atom. The molecule has 0 saturated heterocycles. The zero-order valence-electron chi connectivity index (χ0n) is 11.8. The Labute approximate surface area is 122 Å². The van der Waals surface area contributed by atoms with E-state index in [-0.39, 0.29) is 11.5 Å². The van der Waals surface area contributed by atoms with Crippen LogP contribution in [0.15, 0.2) is 42.5 Å². The monoisotopic (exact) mass is 288 g/mol. The van der Waals surface area contributed by atoms with Crippen molar-refractivity contribution in [1.29, 1.82) is 0 Å². The minimum atomic E-state index is -0.409. The van der Waals surface area contributed by atoms with E-state index in [0.29, 0.717) is 12.1 Å². The minimum Gasteiger partial charge on any atom is -0.312 e. The first-order valence-corrected chi connectivity index (χ1v) is 6.75. The van der Waals surface area contributed by atoms with Crippen molar-refractivity contribution < 1.29 is 9.31 Å². The highest BCUT2D eigenvalue weighted by atomic mass is 19.1. The van der Waals surface area contributed by atoms with Gasteiger partial charge in [0.1, 0.15) is 5.82 Å². The largest absolute Gasteiger partial charge is 0.312 e. The summed E-state index contributed by atoms with van der Waals surface area (Å²) in [5, 5.41) is 13.8. The Morgan fingerprint density at radius 1 is 1.14 bits per heavy atom. The van der Waals surface area contributed by atoms with Crippen molar-refractivity contribution in [3.05, 3.63) is 75.1 Å². The van der Waals surface area contributed by atoms with Crippen LogP contribution in [0.2, 0.25) is 0 Å². The van der Waals surface area contributed by atoms with Crippen molar-refractivity contribution in [2.24, 2.45) is 0 Å². The summed E-state index contributed by atoms with van der Waals surface area (Å²) in [6, 6.07) is 11.7. The van der Waals surface area contributed by atoms with E-state index < -0.39 is 4.92 Å². The molecule has 0 saturated carbocycles. The van der Waals surface area contributed by atoms with Gasteiger partial charge in [0, 0.05) is 18.7 Å². The number of benzene rings is 2. The fourth-order valence-electron chi connectivity index (χ4n) is 2.00. The molecule has 0 radical (unpaired) electrons. The highest BCUT2D eigenvalue weighted by molar-refractivity contribution is 5.33. The van der Waals surface area contributed by atoms with Gasteiger partial charge in [0.15, 0.2) is 0 Å². The Kier molecular flexibility index (Phi) is 5.00. The molecule has 4 nitrogen and oxygen atoms in total. The number of aryl methyl sites for hydroxylation is 1. The zero-order chi connectivity index (χ0) is 15.2. The molecule has 0 aliphatic heterocycles. The molecular formula is C16H17FN2O2. The van der Waals surface area contributed by atoms with E-state index in [9.17, 15) is 14.5 Å². The summed E-state index contributed by atoms with van der Waals surface area (Å²) in [6.45, 7) is 3.07. The summed E-state index contributed by atoms with van der Waals surface area (Å²) >= 11 is 0. The second kappa shape index (κ2) is 6.95. The summed E-state index contributed by atoms with van der Waals surface area (Å²) in [5.74, 6) is -0.190. The number of hydrogen-bond donors (Lipinski definition) is 1. The lowest BCUT2D eigenvalue weighted by Gasteiger charge is -2.06. The Bertz CT molecular complexity index is 627. The average molecular weight is 288 g/mol.